The van der Waals surface area contributed by atoms with Crippen LogP contribution < -0.4 is 9.62 Å². The molecule has 1 N–H and O–H groups in total. The minimum atomic E-state index is -4.07. The molecule has 0 heterocycles. The van der Waals surface area contributed by atoms with Crippen molar-refractivity contribution in [3.05, 3.63) is 95.0 Å². The third-order valence-electron chi connectivity index (χ3n) is 6.14. The zero-order chi connectivity index (χ0) is 27.5. The number of halogens is 1. The Morgan fingerprint density at radius 2 is 1.50 bits per heavy atom. The molecule has 0 saturated heterocycles. The Balaban J connectivity index is 2.00. The van der Waals surface area contributed by atoms with E-state index in [1.54, 1.807) is 42.5 Å². The van der Waals surface area contributed by atoms with Gasteiger partial charge in [-0.05, 0) is 54.8 Å². The number of benzene rings is 3. The first kappa shape index (κ1) is 29.4. The van der Waals surface area contributed by atoms with Crippen molar-refractivity contribution in [3.8, 4) is 0 Å². The summed E-state index contributed by atoms with van der Waals surface area (Å²) in [6.45, 7) is 4.14. The number of carbonyl (C=O) groups excluding carboxylic acids is 2. The van der Waals surface area contributed by atoms with E-state index in [-0.39, 0.29) is 17.3 Å². The molecule has 3 rings (SSSR count). The van der Waals surface area contributed by atoms with E-state index in [9.17, 15) is 18.0 Å². The second-order valence-corrected chi connectivity index (χ2v) is 11.7. The Bertz CT molecular complexity index is 1290. The van der Waals surface area contributed by atoms with Crippen molar-refractivity contribution in [1.29, 1.82) is 0 Å². The van der Waals surface area contributed by atoms with Gasteiger partial charge in [0.2, 0.25) is 11.8 Å². The summed E-state index contributed by atoms with van der Waals surface area (Å²) in [6, 6.07) is 23.4. The molecule has 0 aliphatic heterocycles. The number of nitrogens with zero attached hydrogens (tertiary/aromatic N) is 2. The number of amides is 2. The van der Waals surface area contributed by atoms with E-state index in [0.29, 0.717) is 18.7 Å². The van der Waals surface area contributed by atoms with Gasteiger partial charge in [-0.25, -0.2) is 8.42 Å². The van der Waals surface area contributed by atoms with Crippen LogP contribution >= 0.6 is 15.9 Å². The Morgan fingerprint density at radius 3 is 2.08 bits per heavy atom. The van der Waals surface area contributed by atoms with Crippen molar-refractivity contribution in [1.82, 2.24) is 10.2 Å². The van der Waals surface area contributed by atoms with E-state index in [2.05, 4.69) is 21.2 Å². The highest BCUT2D eigenvalue weighted by Crippen LogP contribution is 2.26. The molecule has 38 heavy (non-hydrogen) atoms. The lowest BCUT2D eigenvalue weighted by Gasteiger charge is -2.33. The topological polar surface area (TPSA) is 86.8 Å². The second-order valence-electron chi connectivity index (χ2n) is 8.88. The van der Waals surface area contributed by atoms with Crippen molar-refractivity contribution >= 4 is 43.5 Å². The molecule has 0 fully saturated rings. The molecule has 1 atom stereocenters. The van der Waals surface area contributed by atoms with Gasteiger partial charge in [-0.15, -0.1) is 0 Å². The van der Waals surface area contributed by atoms with Crippen LogP contribution in [-0.4, -0.2) is 44.3 Å². The van der Waals surface area contributed by atoms with Crippen LogP contribution in [0.4, 0.5) is 5.69 Å². The summed E-state index contributed by atoms with van der Waals surface area (Å²) in [6.07, 6.45) is 2.16. The summed E-state index contributed by atoms with van der Waals surface area (Å²) < 4.78 is 29.4. The van der Waals surface area contributed by atoms with Crippen molar-refractivity contribution in [2.45, 2.75) is 50.6 Å². The van der Waals surface area contributed by atoms with Crippen LogP contribution in [0.2, 0.25) is 0 Å². The molecule has 0 bridgehead atoms. The van der Waals surface area contributed by atoms with Crippen molar-refractivity contribution in [2.24, 2.45) is 0 Å². The molecular weight excluding hydrogens is 566 g/mol. The first-order valence-electron chi connectivity index (χ1n) is 12.7. The number of carbonyl (C=O) groups is 2. The highest BCUT2D eigenvalue weighted by atomic mass is 79.9. The predicted molar refractivity (Wildman–Crippen MR) is 154 cm³/mol. The van der Waals surface area contributed by atoms with E-state index in [4.69, 9.17) is 0 Å². The molecule has 0 aliphatic rings. The van der Waals surface area contributed by atoms with Gasteiger partial charge >= 0.3 is 0 Å². The zero-order valence-electron chi connectivity index (χ0n) is 21.7. The first-order chi connectivity index (χ1) is 18.3. The third-order valence-corrected chi connectivity index (χ3v) is 8.45. The maximum absolute atomic E-state index is 13.9. The number of nitrogens with one attached hydrogen (secondary N) is 1. The fourth-order valence-electron chi connectivity index (χ4n) is 4.06. The Labute approximate surface area is 234 Å². The summed E-state index contributed by atoms with van der Waals surface area (Å²) in [5.74, 6) is -0.708. The van der Waals surface area contributed by atoms with Crippen LogP contribution in [0.25, 0.3) is 0 Å². The molecule has 2 amide bonds. The maximum atomic E-state index is 13.9. The van der Waals surface area contributed by atoms with Crippen LogP contribution in [0.5, 0.6) is 0 Å². The summed E-state index contributed by atoms with van der Waals surface area (Å²) >= 11 is 3.38. The molecule has 0 radical (unpaired) electrons. The highest BCUT2D eigenvalue weighted by molar-refractivity contribution is 9.10. The minimum Gasteiger partial charge on any atom is -0.354 e. The first-order valence-corrected chi connectivity index (χ1v) is 15.0. The van der Waals surface area contributed by atoms with E-state index >= 15 is 0 Å². The van der Waals surface area contributed by atoms with Gasteiger partial charge in [0.15, 0.2) is 0 Å². The lowest BCUT2D eigenvalue weighted by atomic mass is 10.1. The Morgan fingerprint density at radius 1 is 0.895 bits per heavy atom. The van der Waals surface area contributed by atoms with Crippen LogP contribution in [0.15, 0.2) is 94.3 Å². The third kappa shape index (κ3) is 7.68. The van der Waals surface area contributed by atoms with Crippen LogP contribution in [0.1, 0.15) is 38.7 Å². The lowest BCUT2D eigenvalue weighted by Crippen LogP contribution is -2.52. The predicted octanol–water partition coefficient (Wildman–Crippen LogP) is 5.37. The number of anilines is 1. The van der Waals surface area contributed by atoms with E-state index in [1.807, 2.05) is 44.2 Å². The number of hydrogen-bond donors (Lipinski definition) is 1. The molecule has 9 heteroatoms. The lowest BCUT2D eigenvalue weighted by molar-refractivity contribution is -0.140. The van der Waals surface area contributed by atoms with Gasteiger partial charge in [0.1, 0.15) is 12.6 Å². The molecule has 0 unspecified atom stereocenters. The normalized spacial score (nSPS) is 12.0. The molecular formula is C29H34BrN3O4S. The summed E-state index contributed by atoms with van der Waals surface area (Å²) in [5.41, 5.74) is 1.20. The summed E-state index contributed by atoms with van der Waals surface area (Å²) in [4.78, 5) is 28.7. The van der Waals surface area contributed by atoms with Gasteiger partial charge in [0.25, 0.3) is 10.0 Å². The Hall–Kier alpha value is -3.17. The van der Waals surface area contributed by atoms with Crippen molar-refractivity contribution < 1.29 is 18.0 Å². The Kier molecular flexibility index (Phi) is 10.9. The SMILES string of the molecule is CCCCNC(=O)[C@H](CC)N(Cc1ccccc1)C(=O)CN(c1ccc(Br)cc1)S(=O)(=O)c1ccccc1. The molecule has 0 saturated carbocycles. The van der Waals surface area contributed by atoms with Gasteiger partial charge < -0.3 is 10.2 Å². The maximum Gasteiger partial charge on any atom is 0.264 e. The zero-order valence-corrected chi connectivity index (χ0v) is 24.1. The fourth-order valence-corrected chi connectivity index (χ4v) is 5.76. The smallest absolute Gasteiger partial charge is 0.264 e. The van der Waals surface area contributed by atoms with Gasteiger partial charge in [-0.1, -0.05) is 84.7 Å². The fraction of sp³-hybridized carbons (Fsp3) is 0.310. The van der Waals surface area contributed by atoms with Gasteiger partial charge in [-0.3, -0.25) is 13.9 Å². The second kappa shape index (κ2) is 14.1. The monoisotopic (exact) mass is 599 g/mol. The van der Waals surface area contributed by atoms with Crippen LogP contribution in [0.3, 0.4) is 0 Å². The quantitative estimate of drug-likeness (QED) is 0.268. The molecule has 0 aliphatic carbocycles. The largest absolute Gasteiger partial charge is 0.354 e. The molecule has 7 nitrogen and oxygen atoms in total. The molecule has 3 aromatic carbocycles. The van der Waals surface area contributed by atoms with E-state index < -0.39 is 28.5 Å². The number of sulfonamides is 1. The standard InChI is InChI=1S/C29H34BrN3O4S/c1-3-5-20-31-29(35)27(4-2)32(21-23-12-8-6-9-13-23)28(34)22-33(25-18-16-24(30)17-19-25)38(36,37)26-14-10-7-11-15-26/h6-19,27H,3-5,20-22H2,1-2H3,(H,31,35)/t27-/m0/s1. The number of unbranched alkanes of at least 4 members (excludes halogenated alkanes) is 1. The highest BCUT2D eigenvalue weighted by Gasteiger charge is 2.33. The van der Waals surface area contributed by atoms with Gasteiger partial charge in [0.05, 0.1) is 10.6 Å². The average Bonchev–Trinajstić information content (AvgIpc) is 2.93. The van der Waals surface area contributed by atoms with Gasteiger partial charge in [0, 0.05) is 17.6 Å². The number of hydrogen-bond acceptors (Lipinski definition) is 4. The molecule has 0 spiro atoms. The van der Waals surface area contributed by atoms with E-state index in [0.717, 1.165) is 27.2 Å². The van der Waals surface area contributed by atoms with Crippen molar-refractivity contribution in [3.63, 3.8) is 0 Å². The summed E-state index contributed by atoms with van der Waals surface area (Å²) in [5, 5.41) is 2.93. The number of rotatable bonds is 13. The van der Waals surface area contributed by atoms with Gasteiger partial charge in [-0.2, -0.15) is 0 Å². The molecule has 0 aromatic heterocycles. The average molecular weight is 601 g/mol. The van der Waals surface area contributed by atoms with Crippen LogP contribution in [0, 0.1) is 0 Å². The minimum absolute atomic E-state index is 0.0784. The van der Waals surface area contributed by atoms with Crippen LogP contribution in [-0.2, 0) is 26.2 Å². The molecule has 202 valence electrons. The van der Waals surface area contributed by atoms with Crippen molar-refractivity contribution in [2.75, 3.05) is 17.4 Å². The summed E-state index contributed by atoms with van der Waals surface area (Å²) in [7, 11) is -4.07. The van der Waals surface area contributed by atoms with E-state index in [1.165, 1.54) is 17.0 Å². The molecule has 3 aromatic rings.